The van der Waals surface area contributed by atoms with Gasteiger partial charge in [0.2, 0.25) is 0 Å². The van der Waals surface area contributed by atoms with E-state index < -0.39 is 18.6 Å². The first kappa shape index (κ1) is 19.3. The van der Waals surface area contributed by atoms with Crippen molar-refractivity contribution in [3.05, 3.63) is 24.3 Å². The lowest BCUT2D eigenvalue weighted by Gasteiger charge is -2.24. The summed E-state index contributed by atoms with van der Waals surface area (Å²) >= 11 is 0. The molecule has 0 radical (unpaired) electrons. The highest BCUT2D eigenvalue weighted by Gasteiger charge is 2.33. The summed E-state index contributed by atoms with van der Waals surface area (Å²) in [7, 11) is 0.181. The summed E-state index contributed by atoms with van der Waals surface area (Å²) in [6.45, 7) is 0.165. The number of carboxylic acids is 1. The van der Waals surface area contributed by atoms with Gasteiger partial charge in [-0.05, 0) is 24.9 Å². The van der Waals surface area contributed by atoms with Crippen LogP contribution in [0.1, 0.15) is 25.7 Å². The number of aliphatic carboxylic acids is 1. The predicted molar refractivity (Wildman–Crippen MR) is 86.5 cm³/mol. The van der Waals surface area contributed by atoms with E-state index in [1.807, 2.05) is 0 Å². The molecule has 0 aliphatic rings. The monoisotopic (exact) mass is 325 g/mol. The number of ether oxygens (including phenoxy) is 2. The molecule has 0 aliphatic carbocycles. The molecule has 1 aromatic rings. The van der Waals surface area contributed by atoms with Crippen LogP contribution < -0.4 is 15.2 Å². The lowest BCUT2D eigenvalue weighted by atomic mass is 9.81. The van der Waals surface area contributed by atoms with Gasteiger partial charge in [-0.15, -0.1) is 0 Å². The van der Waals surface area contributed by atoms with Gasteiger partial charge in [-0.2, -0.15) is 0 Å². The topological polar surface area (TPSA) is 122 Å². The third-order valence-corrected chi connectivity index (χ3v) is 3.62. The Hall–Kier alpha value is -1.77. The Labute approximate surface area is 136 Å². The molecule has 0 bridgehead atoms. The number of hydrogen-bond donors (Lipinski definition) is 4. The average Bonchev–Trinajstić information content (AvgIpc) is 2.51. The summed E-state index contributed by atoms with van der Waals surface area (Å²) in [5.74, 6) is 0.152. The Bertz CT molecular complexity index is 499. The maximum Gasteiger partial charge on any atom is 0.451 e. The Morgan fingerprint density at radius 1 is 1.26 bits per heavy atom. The van der Waals surface area contributed by atoms with E-state index in [0.717, 1.165) is 0 Å². The van der Waals surface area contributed by atoms with Crippen molar-refractivity contribution in [2.24, 2.45) is 5.73 Å². The molecule has 0 fully saturated rings. The van der Waals surface area contributed by atoms with Gasteiger partial charge in [-0.1, -0.05) is 18.9 Å². The molecule has 8 heteroatoms. The zero-order chi connectivity index (χ0) is 17.3. The van der Waals surface area contributed by atoms with E-state index in [1.54, 1.807) is 31.4 Å². The zero-order valence-corrected chi connectivity index (χ0v) is 13.3. The fourth-order valence-electron chi connectivity index (χ4n) is 2.15. The van der Waals surface area contributed by atoms with E-state index in [2.05, 4.69) is 0 Å². The van der Waals surface area contributed by atoms with E-state index in [-0.39, 0.29) is 25.8 Å². The summed E-state index contributed by atoms with van der Waals surface area (Å²) in [6.07, 6.45) is 1.61. The zero-order valence-electron chi connectivity index (χ0n) is 13.3. The van der Waals surface area contributed by atoms with Crippen LogP contribution in [0.15, 0.2) is 24.3 Å². The molecule has 1 aromatic carbocycles. The number of carboxylic acid groups (broad SMARTS) is 1. The van der Waals surface area contributed by atoms with Crippen molar-refractivity contribution in [2.75, 3.05) is 13.7 Å². The van der Waals surface area contributed by atoms with Crippen molar-refractivity contribution < 1.29 is 29.4 Å². The van der Waals surface area contributed by atoms with E-state index in [0.29, 0.717) is 24.3 Å². The highest BCUT2D eigenvalue weighted by Crippen LogP contribution is 2.21. The first-order valence-electron chi connectivity index (χ1n) is 7.52. The first-order chi connectivity index (χ1) is 10.9. The number of carbonyl (C=O) groups is 1. The fourth-order valence-corrected chi connectivity index (χ4v) is 2.15. The lowest BCUT2D eigenvalue weighted by molar-refractivity contribution is -0.144. The fraction of sp³-hybridized carbons (Fsp3) is 0.533. The molecule has 5 N–H and O–H groups in total. The Kier molecular flexibility index (Phi) is 7.87. The Morgan fingerprint density at radius 3 is 2.57 bits per heavy atom. The van der Waals surface area contributed by atoms with Gasteiger partial charge in [0.05, 0.1) is 13.7 Å². The molecule has 0 heterocycles. The highest BCUT2D eigenvalue weighted by molar-refractivity contribution is 6.40. The summed E-state index contributed by atoms with van der Waals surface area (Å²) < 4.78 is 10.6. The van der Waals surface area contributed by atoms with Crippen LogP contribution in [0.2, 0.25) is 6.32 Å². The van der Waals surface area contributed by atoms with Gasteiger partial charge in [0.15, 0.2) is 0 Å². The molecule has 1 atom stereocenters. The van der Waals surface area contributed by atoms with Gasteiger partial charge >= 0.3 is 13.1 Å². The number of methoxy groups -OCH3 is 1. The van der Waals surface area contributed by atoms with Crippen LogP contribution in [-0.2, 0) is 4.79 Å². The molecule has 0 saturated heterocycles. The minimum atomic E-state index is -1.39. The second-order valence-corrected chi connectivity index (χ2v) is 5.47. The minimum absolute atomic E-state index is 0.154. The standard InChI is InChI=1S/C15H24BNO6/c1-22-12-5-4-6-13(11-12)23-10-8-15(17,14(18)19)7-2-3-9-16(20)21/h4-6,11,20-21H,2-3,7-10,17H2,1H3,(H,18,19). The molecule has 23 heavy (non-hydrogen) atoms. The van der Waals surface area contributed by atoms with Crippen LogP contribution in [-0.4, -0.2) is 47.5 Å². The van der Waals surface area contributed by atoms with Crippen molar-refractivity contribution in [3.8, 4) is 11.5 Å². The number of benzene rings is 1. The van der Waals surface area contributed by atoms with Crippen LogP contribution in [0.3, 0.4) is 0 Å². The molecule has 0 saturated carbocycles. The molecule has 1 unspecified atom stereocenters. The summed E-state index contributed by atoms with van der Waals surface area (Å²) in [5.41, 5.74) is 4.56. The highest BCUT2D eigenvalue weighted by atomic mass is 16.5. The quantitative estimate of drug-likeness (QED) is 0.352. The summed E-state index contributed by atoms with van der Waals surface area (Å²) in [6, 6.07) is 7.03. The largest absolute Gasteiger partial charge is 0.497 e. The van der Waals surface area contributed by atoms with Crippen molar-refractivity contribution in [2.45, 2.75) is 37.5 Å². The number of nitrogens with two attached hydrogens (primary N) is 1. The molecule has 0 aliphatic heterocycles. The van der Waals surface area contributed by atoms with Crippen molar-refractivity contribution in [1.82, 2.24) is 0 Å². The van der Waals surface area contributed by atoms with Gasteiger partial charge < -0.3 is 30.4 Å². The van der Waals surface area contributed by atoms with Crippen molar-refractivity contribution >= 4 is 13.1 Å². The normalized spacial score (nSPS) is 13.2. The maximum absolute atomic E-state index is 11.4. The molecular weight excluding hydrogens is 301 g/mol. The van der Waals surface area contributed by atoms with E-state index >= 15 is 0 Å². The third-order valence-electron chi connectivity index (χ3n) is 3.62. The van der Waals surface area contributed by atoms with Gasteiger partial charge in [0.25, 0.3) is 0 Å². The third kappa shape index (κ3) is 6.90. The van der Waals surface area contributed by atoms with Crippen molar-refractivity contribution in [1.29, 1.82) is 0 Å². The van der Waals surface area contributed by atoms with E-state index in [1.165, 1.54) is 0 Å². The SMILES string of the molecule is COc1cccc(OCCC(N)(CCCCB(O)O)C(=O)O)c1. The Morgan fingerprint density at radius 2 is 1.96 bits per heavy atom. The number of rotatable bonds is 11. The molecular formula is C15H24BNO6. The van der Waals surface area contributed by atoms with Crippen LogP contribution in [0.4, 0.5) is 0 Å². The predicted octanol–water partition coefficient (Wildman–Crippen LogP) is 0.889. The minimum Gasteiger partial charge on any atom is -0.497 e. The van der Waals surface area contributed by atoms with Crippen LogP contribution in [0.5, 0.6) is 11.5 Å². The molecule has 0 spiro atoms. The van der Waals surface area contributed by atoms with Gasteiger partial charge in [-0.3, -0.25) is 4.79 Å². The van der Waals surface area contributed by atoms with Crippen LogP contribution in [0.25, 0.3) is 0 Å². The number of unbranched alkanes of at least 4 members (excludes halogenated alkanes) is 1. The van der Waals surface area contributed by atoms with Crippen LogP contribution >= 0.6 is 0 Å². The average molecular weight is 325 g/mol. The molecule has 0 aromatic heterocycles. The molecule has 0 amide bonds. The summed E-state index contributed by atoms with van der Waals surface area (Å²) in [4.78, 5) is 11.4. The van der Waals surface area contributed by atoms with Gasteiger partial charge in [0, 0.05) is 12.5 Å². The smallest absolute Gasteiger partial charge is 0.451 e. The second kappa shape index (κ2) is 9.39. The Balaban J connectivity index is 2.46. The van der Waals surface area contributed by atoms with Gasteiger partial charge in [-0.25, -0.2) is 0 Å². The van der Waals surface area contributed by atoms with Crippen molar-refractivity contribution in [3.63, 3.8) is 0 Å². The summed E-state index contributed by atoms with van der Waals surface area (Å²) in [5, 5.41) is 26.9. The van der Waals surface area contributed by atoms with Gasteiger partial charge in [0.1, 0.15) is 17.0 Å². The maximum atomic E-state index is 11.4. The van der Waals surface area contributed by atoms with Crippen LogP contribution in [0, 0.1) is 0 Å². The molecule has 128 valence electrons. The molecule has 1 rings (SSSR count). The van der Waals surface area contributed by atoms with E-state index in [9.17, 15) is 9.90 Å². The second-order valence-electron chi connectivity index (χ2n) is 5.47. The molecule has 7 nitrogen and oxygen atoms in total. The number of hydrogen-bond acceptors (Lipinski definition) is 6. The van der Waals surface area contributed by atoms with E-state index in [4.69, 9.17) is 25.3 Å². The first-order valence-corrected chi connectivity index (χ1v) is 7.52. The lowest BCUT2D eigenvalue weighted by Crippen LogP contribution is -2.49.